The van der Waals surface area contributed by atoms with Gasteiger partial charge in [-0.3, -0.25) is 10.1 Å². The van der Waals surface area contributed by atoms with Crippen LogP contribution in [0.15, 0.2) is 60.8 Å². The van der Waals surface area contributed by atoms with Gasteiger partial charge in [0.1, 0.15) is 17.6 Å². The monoisotopic (exact) mass is 449 g/mol. The topological polar surface area (TPSA) is 94.4 Å². The second-order valence-electron chi connectivity index (χ2n) is 9.12. The third-order valence-corrected chi connectivity index (χ3v) is 5.42. The van der Waals surface area contributed by atoms with E-state index in [0.29, 0.717) is 35.2 Å². The molecule has 7 nitrogen and oxygen atoms in total. The molecule has 3 aromatic rings. The zero-order chi connectivity index (χ0) is 23.8. The number of nitrogens with zero attached hydrogens (tertiary/aromatic N) is 2. The van der Waals surface area contributed by atoms with Gasteiger partial charge in [0.2, 0.25) is 0 Å². The van der Waals surface area contributed by atoms with Crippen molar-refractivity contribution in [1.29, 1.82) is 0 Å². The minimum Gasteiger partial charge on any atom is -0.444 e. The number of aromatic nitrogens is 1. The van der Waals surface area contributed by atoms with E-state index in [1.165, 1.54) is 18.3 Å². The molecule has 1 fully saturated rings. The second-order valence-corrected chi connectivity index (χ2v) is 9.12. The highest BCUT2D eigenvalue weighted by Crippen LogP contribution is 2.47. The van der Waals surface area contributed by atoms with Gasteiger partial charge in [-0.05, 0) is 45.2 Å². The molecule has 1 aliphatic rings. The van der Waals surface area contributed by atoms with Gasteiger partial charge in [0.25, 0.3) is 5.69 Å². The normalized spacial score (nSPS) is 14.4. The Labute approximate surface area is 190 Å². The van der Waals surface area contributed by atoms with Crippen LogP contribution >= 0.6 is 0 Å². The molecule has 0 saturated heterocycles. The molecule has 1 aliphatic carbocycles. The molecule has 8 heteroatoms. The molecule has 0 aliphatic heterocycles. The molecular formula is C25H24FN3O4. The third-order valence-electron chi connectivity index (χ3n) is 5.42. The predicted molar refractivity (Wildman–Crippen MR) is 122 cm³/mol. The van der Waals surface area contributed by atoms with Crippen LogP contribution in [0.3, 0.4) is 0 Å². The highest BCUT2D eigenvalue weighted by atomic mass is 19.1. The molecule has 1 saturated carbocycles. The van der Waals surface area contributed by atoms with Gasteiger partial charge in [0.05, 0.1) is 16.2 Å². The lowest BCUT2D eigenvalue weighted by Crippen LogP contribution is -2.39. The molecule has 0 bridgehead atoms. The number of amides is 1. The number of hydrogen-bond donors (Lipinski definition) is 1. The van der Waals surface area contributed by atoms with Gasteiger partial charge in [-0.2, -0.15) is 0 Å². The van der Waals surface area contributed by atoms with Crippen LogP contribution in [-0.4, -0.2) is 21.6 Å². The lowest BCUT2D eigenvalue weighted by atomic mass is 9.96. The summed E-state index contributed by atoms with van der Waals surface area (Å²) >= 11 is 0. The maximum Gasteiger partial charge on any atom is 0.408 e. The Morgan fingerprint density at radius 3 is 2.39 bits per heavy atom. The lowest BCUT2D eigenvalue weighted by Gasteiger charge is -2.24. The van der Waals surface area contributed by atoms with Gasteiger partial charge < -0.3 is 10.1 Å². The smallest absolute Gasteiger partial charge is 0.408 e. The number of ether oxygens (including phenoxy) is 1. The van der Waals surface area contributed by atoms with E-state index in [0.717, 1.165) is 5.56 Å². The first-order chi connectivity index (χ1) is 15.6. The average molecular weight is 449 g/mol. The maximum atomic E-state index is 15.3. The number of hydrogen-bond acceptors (Lipinski definition) is 5. The van der Waals surface area contributed by atoms with Crippen LogP contribution in [-0.2, 0) is 10.3 Å². The van der Waals surface area contributed by atoms with Crippen LogP contribution in [0.4, 0.5) is 14.9 Å². The van der Waals surface area contributed by atoms with Crippen LogP contribution in [0.5, 0.6) is 0 Å². The number of alkyl carbamates (subject to hydrolysis) is 1. The predicted octanol–water partition coefficient (Wildman–Crippen LogP) is 5.98. The number of benzene rings is 2. The second kappa shape index (κ2) is 8.27. The standard InChI is InChI=1S/C25H24FN3O4/c1-24(2,3)33-23(30)28-25(11-12-25)20-10-9-17(13-21(20)26)22-19(16-7-5-4-6-8-16)14-18(15-27-22)29(31)32/h4-10,13-15H,11-12H2,1-3H3,(H,28,30). The van der Waals surface area contributed by atoms with E-state index in [2.05, 4.69) is 10.3 Å². The first-order valence-electron chi connectivity index (χ1n) is 10.6. The number of carbonyl (C=O) groups excluding carboxylic acids is 1. The van der Waals surface area contributed by atoms with Crippen molar-refractivity contribution in [3.63, 3.8) is 0 Å². The van der Waals surface area contributed by atoms with Crippen molar-refractivity contribution in [2.24, 2.45) is 0 Å². The maximum absolute atomic E-state index is 15.3. The SMILES string of the molecule is CC(C)(C)OC(=O)NC1(c2ccc(-c3ncc([N+](=O)[O-])cc3-c3ccccc3)cc2F)CC1. The molecule has 4 rings (SSSR count). The number of nitro groups is 1. The summed E-state index contributed by atoms with van der Waals surface area (Å²) in [4.78, 5) is 27.3. The van der Waals surface area contributed by atoms with Crippen molar-refractivity contribution in [3.8, 4) is 22.4 Å². The summed E-state index contributed by atoms with van der Waals surface area (Å²) in [6.45, 7) is 5.30. The minimum atomic E-state index is -0.796. The van der Waals surface area contributed by atoms with Crippen LogP contribution in [0, 0.1) is 15.9 Å². The fraction of sp³-hybridized carbons (Fsp3) is 0.280. The molecule has 0 atom stereocenters. The Bertz CT molecular complexity index is 1220. The number of halogens is 1. The van der Waals surface area contributed by atoms with Crippen molar-refractivity contribution in [2.45, 2.75) is 44.8 Å². The fourth-order valence-corrected chi connectivity index (χ4v) is 3.76. The molecule has 170 valence electrons. The summed E-state index contributed by atoms with van der Waals surface area (Å²) in [5, 5.41) is 14.1. The summed E-state index contributed by atoms with van der Waals surface area (Å²) < 4.78 is 20.6. The zero-order valence-corrected chi connectivity index (χ0v) is 18.6. The molecule has 1 aromatic heterocycles. The summed E-state index contributed by atoms with van der Waals surface area (Å²) in [5.74, 6) is -0.486. The van der Waals surface area contributed by atoms with E-state index < -0.39 is 28.0 Å². The van der Waals surface area contributed by atoms with Gasteiger partial charge in [-0.15, -0.1) is 0 Å². The summed E-state index contributed by atoms with van der Waals surface area (Å²) in [7, 11) is 0. The molecule has 1 N–H and O–H groups in total. The van der Waals surface area contributed by atoms with Crippen molar-refractivity contribution in [1.82, 2.24) is 10.3 Å². The fourth-order valence-electron chi connectivity index (χ4n) is 3.76. The molecular weight excluding hydrogens is 425 g/mol. The van der Waals surface area contributed by atoms with Crippen LogP contribution in [0.2, 0.25) is 0 Å². The molecule has 0 spiro atoms. The van der Waals surface area contributed by atoms with E-state index >= 15 is 4.39 Å². The van der Waals surface area contributed by atoms with Crippen molar-refractivity contribution in [3.05, 3.63) is 82.3 Å². The van der Waals surface area contributed by atoms with Gasteiger partial charge in [-0.25, -0.2) is 14.2 Å². The first kappa shape index (κ1) is 22.4. The Hall–Kier alpha value is -3.81. The molecule has 1 heterocycles. The molecule has 0 unspecified atom stereocenters. The zero-order valence-electron chi connectivity index (χ0n) is 18.6. The van der Waals surface area contributed by atoms with E-state index in [4.69, 9.17) is 4.74 Å². The van der Waals surface area contributed by atoms with Crippen LogP contribution in [0.1, 0.15) is 39.2 Å². The minimum absolute atomic E-state index is 0.145. The van der Waals surface area contributed by atoms with Gasteiger partial charge in [0, 0.05) is 22.8 Å². The number of nitrogens with one attached hydrogen (secondary N) is 1. The Kier molecular flexibility index (Phi) is 5.61. The van der Waals surface area contributed by atoms with Crippen LogP contribution in [0.25, 0.3) is 22.4 Å². The molecule has 2 aromatic carbocycles. The quantitative estimate of drug-likeness (QED) is 0.382. The summed E-state index contributed by atoms with van der Waals surface area (Å²) in [5.41, 5.74) is 0.964. The lowest BCUT2D eigenvalue weighted by molar-refractivity contribution is -0.385. The van der Waals surface area contributed by atoms with E-state index in [9.17, 15) is 14.9 Å². The Morgan fingerprint density at radius 2 is 1.82 bits per heavy atom. The van der Waals surface area contributed by atoms with Crippen molar-refractivity contribution >= 4 is 11.8 Å². The Balaban J connectivity index is 1.69. The van der Waals surface area contributed by atoms with Crippen LogP contribution < -0.4 is 5.32 Å². The van der Waals surface area contributed by atoms with E-state index in [1.807, 2.05) is 30.3 Å². The molecule has 0 radical (unpaired) electrons. The van der Waals surface area contributed by atoms with Crippen molar-refractivity contribution < 1.29 is 18.8 Å². The molecule has 33 heavy (non-hydrogen) atoms. The number of carbonyl (C=O) groups is 1. The van der Waals surface area contributed by atoms with Gasteiger partial charge >= 0.3 is 6.09 Å². The van der Waals surface area contributed by atoms with E-state index in [-0.39, 0.29) is 5.69 Å². The highest BCUT2D eigenvalue weighted by Gasteiger charge is 2.48. The largest absolute Gasteiger partial charge is 0.444 e. The van der Waals surface area contributed by atoms with Gasteiger partial charge in [-0.1, -0.05) is 42.5 Å². The number of rotatable bonds is 5. The van der Waals surface area contributed by atoms with Gasteiger partial charge in [0.15, 0.2) is 0 Å². The Morgan fingerprint density at radius 1 is 1.12 bits per heavy atom. The first-order valence-corrected chi connectivity index (χ1v) is 10.6. The average Bonchev–Trinajstić information content (AvgIpc) is 3.52. The summed E-state index contributed by atoms with van der Waals surface area (Å²) in [6, 6.07) is 15.3. The third kappa shape index (κ3) is 4.84. The molecule has 1 amide bonds. The number of pyridine rings is 1. The highest BCUT2D eigenvalue weighted by molar-refractivity contribution is 5.82. The van der Waals surface area contributed by atoms with E-state index in [1.54, 1.807) is 32.9 Å². The van der Waals surface area contributed by atoms with Crippen molar-refractivity contribution in [2.75, 3.05) is 0 Å². The summed E-state index contributed by atoms with van der Waals surface area (Å²) in [6.07, 6.45) is 1.79.